The molecule has 1 aliphatic heterocycles. The number of nitrogens with one attached hydrogen (secondary N) is 1. The second kappa shape index (κ2) is 3.83. The molecule has 1 aromatic carbocycles. The summed E-state index contributed by atoms with van der Waals surface area (Å²) in [5, 5.41) is 4.33. The molecule has 2 nitrogen and oxygen atoms in total. The molecule has 0 fully saturated rings. The summed E-state index contributed by atoms with van der Waals surface area (Å²) in [5.74, 6) is 1.11. The lowest BCUT2D eigenvalue weighted by molar-refractivity contribution is 1.17. The van der Waals surface area contributed by atoms with E-state index in [9.17, 15) is 0 Å². The zero-order valence-corrected chi connectivity index (χ0v) is 8.40. The van der Waals surface area contributed by atoms with Crippen LogP contribution >= 0.6 is 11.8 Å². The van der Waals surface area contributed by atoms with E-state index in [-0.39, 0.29) is 0 Å². The molecule has 0 aromatic heterocycles. The van der Waals surface area contributed by atoms with E-state index < -0.39 is 0 Å². The Balaban J connectivity index is 2.05. The van der Waals surface area contributed by atoms with Crippen molar-refractivity contribution >= 4 is 22.6 Å². The van der Waals surface area contributed by atoms with Gasteiger partial charge in [0.15, 0.2) is 5.17 Å². The Kier molecular flexibility index (Phi) is 2.54. The third kappa shape index (κ3) is 2.25. The number of amidine groups is 1. The smallest absolute Gasteiger partial charge is 0.161 e. The molecule has 0 aliphatic carbocycles. The molecule has 2 rings (SSSR count). The van der Waals surface area contributed by atoms with Crippen LogP contribution in [-0.2, 0) is 0 Å². The average molecular weight is 192 g/mol. The zero-order chi connectivity index (χ0) is 9.10. The summed E-state index contributed by atoms with van der Waals surface area (Å²) in [4.78, 5) is 4.32. The quantitative estimate of drug-likeness (QED) is 0.739. The van der Waals surface area contributed by atoms with Crippen molar-refractivity contribution in [1.82, 2.24) is 0 Å². The normalized spacial score (nSPS) is 15.6. The Hall–Kier alpha value is -0.960. The maximum atomic E-state index is 4.32. The molecule has 1 aromatic rings. The van der Waals surface area contributed by atoms with E-state index >= 15 is 0 Å². The lowest BCUT2D eigenvalue weighted by Gasteiger charge is -2.04. The van der Waals surface area contributed by atoms with Crippen molar-refractivity contribution in [2.75, 3.05) is 17.6 Å². The first-order chi connectivity index (χ1) is 6.34. The first kappa shape index (κ1) is 8.63. The number of hydrogen-bond donors (Lipinski definition) is 1. The van der Waals surface area contributed by atoms with E-state index in [1.54, 1.807) is 11.8 Å². The molecule has 68 valence electrons. The molecule has 0 saturated carbocycles. The fourth-order valence-electron chi connectivity index (χ4n) is 1.17. The summed E-state index contributed by atoms with van der Waals surface area (Å²) in [6.45, 7) is 3.03. The van der Waals surface area contributed by atoms with Crippen molar-refractivity contribution in [1.29, 1.82) is 0 Å². The number of hydrogen-bond acceptors (Lipinski definition) is 3. The van der Waals surface area contributed by atoms with Crippen LogP contribution in [0.2, 0.25) is 0 Å². The van der Waals surface area contributed by atoms with Crippen LogP contribution in [0.3, 0.4) is 0 Å². The summed E-state index contributed by atoms with van der Waals surface area (Å²) in [7, 11) is 0. The Morgan fingerprint density at radius 1 is 1.31 bits per heavy atom. The first-order valence-electron chi connectivity index (χ1n) is 4.35. The maximum absolute atomic E-state index is 4.32. The number of benzene rings is 1. The van der Waals surface area contributed by atoms with E-state index in [1.807, 2.05) is 0 Å². The van der Waals surface area contributed by atoms with Crippen LogP contribution in [0.15, 0.2) is 29.3 Å². The molecule has 0 amide bonds. The molecule has 3 heteroatoms. The van der Waals surface area contributed by atoms with Gasteiger partial charge in [-0.3, -0.25) is 4.99 Å². The largest absolute Gasteiger partial charge is 0.335 e. The molecule has 0 spiro atoms. The lowest BCUT2D eigenvalue weighted by Crippen LogP contribution is -2.04. The van der Waals surface area contributed by atoms with Gasteiger partial charge in [-0.15, -0.1) is 0 Å². The molecule has 1 heterocycles. The molecule has 0 unspecified atom stereocenters. The maximum Gasteiger partial charge on any atom is 0.161 e. The highest BCUT2D eigenvalue weighted by atomic mass is 32.2. The minimum atomic E-state index is 0.943. The molecule has 1 N–H and O–H groups in total. The molecule has 13 heavy (non-hydrogen) atoms. The van der Waals surface area contributed by atoms with Gasteiger partial charge >= 0.3 is 0 Å². The lowest BCUT2D eigenvalue weighted by atomic mass is 10.2. The van der Waals surface area contributed by atoms with Gasteiger partial charge in [-0.2, -0.15) is 0 Å². The number of thioether (sulfide) groups is 1. The van der Waals surface area contributed by atoms with Gasteiger partial charge in [0.2, 0.25) is 0 Å². The number of aryl methyl sites for hydroxylation is 1. The summed E-state index contributed by atoms with van der Waals surface area (Å²) >= 11 is 1.78. The van der Waals surface area contributed by atoms with Crippen molar-refractivity contribution in [2.24, 2.45) is 4.99 Å². The monoisotopic (exact) mass is 192 g/mol. The van der Waals surface area contributed by atoms with Gasteiger partial charge in [0.05, 0.1) is 6.54 Å². The second-order valence-electron chi connectivity index (χ2n) is 3.03. The second-order valence-corrected chi connectivity index (χ2v) is 4.11. The van der Waals surface area contributed by atoms with Crippen LogP contribution in [-0.4, -0.2) is 17.5 Å². The fraction of sp³-hybridized carbons (Fsp3) is 0.300. The van der Waals surface area contributed by atoms with Crippen molar-refractivity contribution in [3.63, 3.8) is 0 Å². The third-order valence-corrected chi connectivity index (χ3v) is 2.78. The van der Waals surface area contributed by atoms with E-state index in [0.717, 1.165) is 23.2 Å². The summed E-state index contributed by atoms with van der Waals surface area (Å²) < 4.78 is 0. The standard InChI is InChI=1S/C10H12N2S/c1-8-2-4-9(5-3-8)12-10-11-6-7-13-10/h2-5H,6-7H2,1H3,(H,11,12). The minimum Gasteiger partial charge on any atom is -0.335 e. The van der Waals surface area contributed by atoms with Gasteiger partial charge in [0.1, 0.15) is 0 Å². The zero-order valence-electron chi connectivity index (χ0n) is 7.58. The Bertz CT molecular complexity index is 316. The SMILES string of the molecule is Cc1ccc(NC2=NCCS2)cc1. The van der Waals surface area contributed by atoms with Crippen molar-refractivity contribution in [2.45, 2.75) is 6.92 Å². The Labute approximate surface area is 82.5 Å². The fourth-order valence-corrected chi connectivity index (χ4v) is 1.92. The number of aliphatic imine (C=N–C) groups is 1. The number of anilines is 1. The highest BCUT2D eigenvalue weighted by Gasteiger charge is 2.05. The van der Waals surface area contributed by atoms with Crippen molar-refractivity contribution in [3.05, 3.63) is 29.8 Å². The van der Waals surface area contributed by atoms with Gasteiger partial charge in [-0.05, 0) is 19.1 Å². The molecule has 0 atom stereocenters. The van der Waals surface area contributed by atoms with Crippen LogP contribution in [0.4, 0.5) is 5.69 Å². The van der Waals surface area contributed by atoms with Gasteiger partial charge in [-0.25, -0.2) is 0 Å². The average Bonchev–Trinajstić information content (AvgIpc) is 2.62. The predicted octanol–water partition coefficient (Wildman–Crippen LogP) is 2.51. The van der Waals surface area contributed by atoms with Crippen LogP contribution in [0.5, 0.6) is 0 Å². The van der Waals surface area contributed by atoms with E-state index in [1.165, 1.54) is 5.56 Å². The molecule has 0 bridgehead atoms. The Morgan fingerprint density at radius 3 is 2.69 bits per heavy atom. The van der Waals surface area contributed by atoms with E-state index in [2.05, 4.69) is 41.5 Å². The minimum absolute atomic E-state index is 0.943. The van der Waals surface area contributed by atoms with Crippen LogP contribution in [0.1, 0.15) is 5.56 Å². The molecule has 0 saturated heterocycles. The van der Waals surface area contributed by atoms with Crippen molar-refractivity contribution < 1.29 is 0 Å². The third-order valence-electron chi connectivity index (χ3n) is 1.89. The molecule has 0 radical (unpaired) electrons. The highest BCUT2D eigenvalue weighted by Crippen LogP contribution is 2.15. The first-order valence-corrected chi connectivity index (χ1v) is 5.34. The van der Waals surface area contributed by atoms with Gasteiger partial charge in [-0.1, -0.05) is 29.5 Å². The van der Waals surface area contributed by atoms with Gasteiger partial charge in [0, 0.05) is 11.4 Å². The van der Waals surface area contributed by atoms with Gasteiger partial charge < -0.3 is 5.32 Å². The molecule has 1 aliphatic rings. The van der Waals surface area contributed by atoms with Crippen molar-refractivity contribution in [3.8, 4) is 0 Å². The summed E-state index contributed by atoms with van der Waals surface area (Å²) in [6, 6.07) is 8.36. The number of nitrogens with zero attached hydrogens (tertiary/aromatic N) is 1. The topological polar surface area (TPSA) is 24.4 Å². The molecular weight excluding hydrogens is 180 g/mol. The number of rotatable bonds is 1. The van der Waals surface area contributed by atoms with Crippen LogP contribution < -0.4 is 5.32 Å². The van der Waals surface area contributed by atoms with E-state index in [4.69, 9.17) is 0 Å². The highest BCUT2D eigenvalue weighted by molar-refractivity contribution is 8.14. The Morgan fingerprint density at radius 2 is 2.08 bits per heavy atom. The van der Waals surface area contributed by atoms with Crippen LogP contribution in [0.25, 0.3) is 0 Å². The predicted molar refractivity (Wildman–Crippen MR) is 59.6 cm³/mol. The summed E-state index contributed by atoms with van der Waals surface area (Å²) in [6.07, 6.45) is 0. The van der Waals surface area contributed by atoms with Crippen LogP contribution in [0, 0.1) is 6.92 Å². The molecular formula is C10H12N2S. The van der Waals surface area contributed by atoms with Gasteiger partial charge in [0.25, 0.3) is 0 Å². The van der Waals surface area contributed by atoms with E-state index in [0.29, 0.717) is 0 Å². The summed E-state index contributed by atoms with van der Waals surface area (Å²) in [5.41, 5.74) is 2.41.